The largest absolute Gasteiger partial charge is 0.478 e. The summed E-state index contributed by atoms with van der Waals surface area (Å²) in [7, 11) is 0. The third-order valence-corrected chi connectivity index (χ3v) is 8.42. The average Bonchev–Trinajstić information content (AvgIpc) is 3.14. The first-order chi connectivity index (χ1) is 23.9. The molecule has 0 heterocycles. The lowest BCUT2D eigenvalue weighted by Gasteiger charge is -2.13. The van der Waals surface area contributed by atoms with Gasteiger partial charge in [0, 0.05) is 5.56 Å². The summed E-state index contributed by atoms with van der Waals surface area (Å²) in [6, 6.07) is 41.5. The second-order valence-corrected chi connectivity index (χ2v) is 11.8. The smallest absolute Gasteiger partial charge is 0.344 e. The Labute approximate surface area is 284 Å². The summed E-state index contributed by atoms with van der Waals surface area (Å²) < 4.78 is 30.0. The van der Waals surface area contributed by atoms with Crippen molar-refractivity contribution >= 4 is 23.0 Å². The number of hydrogen-bond donors (Lipinski definition) is 2. The molecule has 244 valence electrons. The van der Waals surface area contributed by atoms with Gasteiger partial charge in [-0.2, -0.15) is 0 Å². The van der Waals surface area contributed by atoms with Crippen LogP contribution in [-0.2, 0) is 22.6 Å². The fraction of sp³-hybridized carbons (Fsp3) is 0.0256. The minimum absolute atomic E-state index is 0.0700. The van der Waals surface area contributed by atoms with Crippen LogP contribution in [0.2, 0.25) is 0 Å². The van der Waals surface area contributed by atoms with Crippen LogP contribution in [0.25, 0.3) is 22.3 Å². The molecule has 6 aromatic rings. The lowest BCUT2D eigenvalue weighted by Crippen LogP contribution is -2.14. The topological polar surface area (TPSA) is 129 Å². The molecule has 1 atom stereocenters. The van der Waals surface area contributed by atoms with Crippen molar-refractivity contribution in [2.75, 3.05) is 0 Å². The molecule has 0 spiro atoms. The molecule has 0 saturated carbocycles. The Morgan fingerprint density at radius 3 is 1.78 bits per heavy atom. The molecule has 6 aromatic carbocycles. The Kier molecular flexibility index (Phi) is 10.2. The van der Waals surface area contributed by atoms with Crippen molar-refractivity contribution in [2.24, 2.45) is 0 Å². The van der Waals surface area contributed by atoms with Gasteiger partial charge in [-0.3, -0.25) is 5.26 Å². The number of carbonyl (C=O) groups excluding carboxylic acids is 1. The maximum Gasteiger partial charge on any atom is 0.344 e. The minimum atomic E-state index is -1.90. The summed E-state index contributed by atoms with van der Waals surface area (Å²) in [6.45, 7) is -0.0700. The van der Waals surface area contributed by atoms with Gasteiger partial charge < -0.3 is 18.8 Å². The lowest BCUT2D eigenvalue weighted by molar-refractivity contribution is -0.253. The van der Waals surface area contributed by atoms with E-state index in [0.29, 0.717) is 33.3 Å². The zero-order chi connectivity index (χ0) is 34.2. The third-order valence-electron chi connectivity index (χ3n) is 7.41. The van der Waals surface area contributed by atoms with E-state index in [2.05, 4.69) is 4.89 Å². The van der Waals surface area contributed by atoms with Crippen LogP contribution in [0, 0.1) is 0 Å². The van der Waals surface area contributed by atoms with Gasteiger partial charge in [-0.05, 0) is 95.1 Å². The van der Waals surface area contributed by atoms with Crippen molar-refractivity contribution in [3.8, 4) is 45.3 Å². The second kappa shape index (κ2) is 15.2. The fourth-order valence-electron chi connectivity index (χ4n) is 4.99. The third kappa shape index (κ3) is 8.09. The van der Waals surface area contributed by atoms with E-state index >= 15 is 0 Å². The maximum absolute atomic E-state index is 12.9. The maximum atomic E-state index is 12.9. The van der Waals surface area contributed by atoms with Crippen molar-refractivity contribution in [1.29, 1.82) is 0 Å². The molecule has 0 aliphatic heterocycles. The van der Waals surface area contributed by atoms with E-state index in [9.17, 15) is 18.9 Å². The molecule has 0 aliphatic carbocycles. The number of carboxylic acids is 1. The predicted octanol–water partition coefficient (Wildman–Crippen LogP) is 8.82. The van der Waals surface area contributed by atoms with Gasteiger partial charge in [-0.15, -0.1) is 0 Å². The minimum Gasteiger partial charge on any atom is -0.478 e. The predicted molar refractivity (Wildman–Crippen MR) is 183 cm³/mol. The standard InChI is InChI=1S/C39H28O9S/c40-38(41)36-24-29(27-9-5-2-6-10-27)11-21-35(36)39(42)47-32-17-19-34(20-18-32)49(44)48-33-15-13-31(14-16-33)46-37-22-12-28(23-30(37)25-45-43)26-7-3-1-4-8-26/h1-24,43H,25H2,(H,40,41). The Morgan fingerprint density at radius 2 is 1.16 bits per heavy atom. The molecule has 0 aromatic heterocycles. The van der Waals surface area contributed by atoms with Crippen molar-refractivity contribution in [3.63, 3.8) is 0 Å². The van der Waals surface area contributed by atoms with Crippen LogP contribution in [0.1, 0.15) is 26.3 Å². The first kappa shape index (κ1) is 32.9. The molecule has 0 bridgehead atoms. The van der Waals surface area contributed by atoms with E-state index in [0.717, 1.165) is 16.7 Å². The van der Waals surface area contributed by atoms with Gasteiger partial charge >= 0.3 is 11.9 Å². The summed E-state index contributed by atoms with van der Waals surface area (Å²) in [5.74, 6) is -0.664. The molecular formula is C39H28O9S. The zero-order valence-electron chi connectivity index (χ0n) is 25.7. The summed E-state index contributed by atoms with van der Waals surface area (Å²) in [4.78, 5) is 29.6. The molecule has 0 aliphatic rings. The van der Waals surface area contributed by atoms with Crippen LogP contribution >= 0.6 is 0 Å². The van der Waals surface area contributed by atoms with Gasteiger partial charge in [0.05, 0.1) is 16.0 Å². The van der Waals surface area contributed by atoms with Crippen LogP contribution in [0.3, 0.4) is 0 Å². The molecule has 0 saturated heterocycles. The van der Waals surface area contributed by atoms with Gasteiger partial charge in [0.1, 0.15) is 29.6 Å². The van der Waals surface area contributed by atoms with E-state index in [-0.39, 0.29) is 23.5 Å². The molecular weight excluding hydrogens is 644 g/mol. The molecule has 0 fully saturated rings. The van der Waals surface area contributed by atoms with Crippen LogP contribution < -0.4 is 13.7 Å². The Bertz CT molecular complexity index is 2100. The van der Waals surface area contributed by atoms with Crippen molar-refractivity contribution in [3.05, 3.63) is 162 Å². The van der Waals surface area contributed by atoms with Crippen LogP contribution in [0.15, 0.2) is 150 Å². The number of aromatic carboxylic acids is 1. The highest BCUT2D eigenvalue weighted by Gasteiger charge is 2.20. The Balaban J connectivity index is 1.08. The lowest BCUT2D eigenvalue weighted by atomic mass is 9.99. The van der Waals surface area contributed by atoms with Gasteiger partial charge in [0.15, 0.2) is 0 Å². The van der Waals surface area contributed by atoms with Crippen LogP contribution in [-0.4, -0.2) is 26.5 Å². The second-order valence-electron chi connectivity index (χ2n) is 10.6. The van der Waals surface area contributed by atoms with E-state index in [1.807, 2.05) is 72.8 Å². The van der Waals surface area contributed by atoms with E-state index in [1.165, 1.54) is 36.4 Å². The molecule has 0 amide bonds. The first-order valence-electron chi connectivity index (χ1n) is 15.0. The molecule has 10 heteroatoms. The van der Waals surface area contributed by atoms with E-state index in [4.69, 9.17) is 18.9 Å². The van der Waals surface area contributed by atoms with Crippen LogP contribution in [0.4, 0.5) is 0 Å². The van der Waals surface area contributed by atoms with E-state index in [1.54, 1.807) is 36.4 Å². The summed E-state index contributed by atoms with van der Waals surface area (Å²) >= 11 is -1.90. The number of rotatable bonds is 12. The summed E-state index contributed by atoms with van der Waals surface area (Å²) in [6.07, 6.45) is 0. The molecule has 49 heavy (non-hydrogen) atoms. The number of benzene rings is 6. The SMILES string of the molecule is O=C(O)c1cc(-c2ccccc2)ccc1C(=O)Oc1ccc(S(=O)Oc2ccc(Oc3ccc(-c4ccccc4)cc3COO)cc2)cc1. The number of esters is 1. The highest BCUT2D eigenvalue weighted by atomic mass is 32.2. The summed E-state index contributed by atoms with van der Waals surface area (Å²) in [5.41, 5.74) is 3.78. The molecule has 6 rings (SSSR count). The molecule has 2 N–H and O–H groups in total. The van der Waals surface area contributed by atoms with Crippen LogP contribution in [0.5, 0.6) is 23.0 Å². The molecule has 9 nitrogen and oxygen atoms in total. The zero-order valence-corrected chi connectivity index (χ0v) is 26.5. The Hall–Kier alpha value is -6.07. The van der Waals surface area contributed by atoms with Crippen molar-refractivity contribution in [2.45, 2.75) is 11.5 Å². The van der Waals surface area contributed by atoms with Gasteiger partial charge in [-0.25, -0.2) is 18.7 Å². The first-order valence-corrected chi connectivity index (χ1v) is 16.0. The summed E-state index contributed by atoms with van der Waals surface area (Å²) in [5, 5.41) is 18.9. The average molecular weight is 673 g/mol. The van der Waals surface area contributed by atoms with Crippen molar-refractivity contribution < 1.29 is 42.7 Å². The fourth-order valence-corrected chi connectivity index (χ4v) is 5.73. The van der Waals surface area contributed by atoms with Gasteiger partial charge in [-0.1, -0.05) is 72.8 Å². The number of carbonyl (C=O) groups is 2. The normalized spacial score (nSPS) is 11.4. The van der Waals surface area contributed by atoms with Gasteiger partial charge in [0.25, 0.3) is 0 Å². The quantitative estimate of drug-likeness (QED) is 0.0567. The van der Waals surface area contributed by atoms with Gasteiger partial charge in [0.2, 0.25) is 11.1 Å². The molecule has 1 unspecified atom stereocenters. The highest BCUT2D eigenvalue weighted by Crippen LogP contribution is 2.32. The highest BCUT2D eigenvalue weighted by molar-refractivity contribution is 7.80. The number of carboxylic acid groups (broad SMARTS) is 1. The Morgan fingerprint density at radius 1 is 0.592 bits per heavy atom. The van der Waals surface area contributed by atoms with E-state index < -0.39 is 23.0 Å². The number of ether oxygens (including phenoxy) is 2. The number of hydrogen-bond acceptors (Lipinski definition) is 8. The van der Waals surface area contributed by atoms with Crippen molar-refractivity contribution in [1.82, 2.24) is 0 Å². The monoisotopic (exact) mass is 672 g/mol. The molecule has 0 radical (unpaired) electrons.